The molecule has 1 rings (SSSR count). The molecule has 1 aromatic rings. The summed E-state index contributed by atoms with van der Waals surface area (Å²) in [5.74, 6) is 2.05. The van der Waals surface area contributed by atoms with Gasteiger partial charge in [0.15, 0.2) is 0 Å². The third-order valence-electron chi connectivity index (χ3n) is 2.81. The second kappa shape index (κ2) is 7.75. The van der Waals surface area contributed by atoms with E-state index in [1.165, 1.54) is 12.0 Å². The predicted octanol–water partition coefficient (Wildman–Crippen LogP) is 2.63. The van der Waals surface area contributed by atoms with Crippen molar-refractivity contribution in [3.05, 3.63) is 35.9 Å². The van der Waals surface area contributed by atoms with Crippen molar-refractivity contribution in [3.8, 4) is 0 Å². The van der Waals surface area contributed by atoms with Gasteiger partial charge in [-0.15, -0.1) is 0 Å². The topological polar surface area (TPSA) is 32.3 Å². The van der Waals surface area contributed by atoms with Gasteiger partial charge in [-0.2, -0.15) is 11.8 Å². The van der Waals surface area contributed by atoms with Gasteiger partial charge < -0.3 is 10.4 Å². The number of aliphatic hydroxyl groups excluding tert-OH is 1. The van der Waals surface area contributed by atoms with Crippen LogP contribution in [0.1, 0.15) is 25.8 Å². The van der Waals surface area contributed by atoms with Gasteiger partial charge in [-0.25, -0.2) is 0 Å². The van der Waals surface area contributed by atoms with Crippen LogP contribution in [0.2, 0.25) is 0 Å². The van der Waals surface area contributed by atoms with E-state index in [4.69, 9.17) is 0 Å². The molecule has 1 unspecified atom stereocenters. The summed E-state index contributed by atoms with van der Waals surface area (Å²) >= 11 is 1.90. The summed E-state index contributed by atoms with van der Waals surface area (Å²) in [4.78, 5) is 0. The zero-order chi connectivity index (χ0) is 12.6. The fourth-order valence-corrected chi connectivity index (χ4v) is 3.06. The van der Waals surface area contributed by atoms with Crippen LogP contribution in [0.15, 0.2) is 30.3 Å². The van der Waals surface area contributed by atoms with Crippen molar-refractivity contribution in [2.45, 2.75) is 25.8 Å². The number of nitrogens with one attached hydrogen (secondary N) is 1. The molecular formula is C14H23NOS. The normalized spacial score (nSPS) is 14.5. The third-order valence-corrected chi connectivity index (χ3v) is 4.20. The number of hydrogen-bond donors (Lipinski definition) is 2. The van der Waals surface area contributed by atoms with Crippen molar-refractivity contribution in [2.24, 2.45) is 0 Å². The van der Waals surface area contributed by atoms with E-state index >= 15 is 0 Å². The van der Waals surface area contributed by atoms with Crippen molar-refractivity contribution >= 4 is 11.8 Å². The van der Waals surface area contributed by atoms with E-state index in [1.54, 1.807) is 0 Å². The fraction of sp³-hybridized carbons (Fsp3) is 0.571. The second-order valence-corrected chi connectivity index (χ2v) is 5.29. The standard InChI is InChI=1S/C14H23NOS/c1-3-10-17-12-14(11-16,15-4-2)13-8-6-5-7-9-13/h5-9,15-16H,3-4,10-12H2,1-2H3. The Hall–Kier alpha value is -0.510. The summed E-state index contributed by atoms with van der Waals surface area (Å²) in [5, 5.41) is 13.2. The molecule has 0 aromatic heterocycles. The van der Waals surface area contributed by atoms with Crippen LogP contribution in [0.4, 0.5) is 0 Å². The van der Waals surface area contributed by atoms with Gasteiger partial charge in [-0.1, -0.05) is 44.2 Å². The Bertz CT molecular complexity index is 304. The van der Waals surface area contributed by atoms with Crippen molar-refractivity contribution in [1.82, 2.24) is 5.32 Å². The molecule has 2 nitrogen and oxygen atoms in total. The van der Waals surface area contributed by atoms with E-state index in [9.17, 15) is 5.11 Å². The maximum atomic E-state index is 9.78. The van der Waals surface area contributed by atoms with Gasteiger partial charge in [0.2, 0.25) is 0 Å². The zero-order valence-electron chi connectivity index (χ0n) is 10.8. The van der Waals surface area contributed by atoms with Gasteiger partial charge in [0.25, 0.3) is 0 Å². The van der Waals surface area contributed by atoms with Crippen LogP contribution in [-0.2, 0) is 5.54 Å². The van der Waals surface area contributed by atoms with Crippen LogP contribution < -0.4 is 5.32 Å². The van der Waals surface area contributed by atoms with E-state index in [2.05, 4.69) is 31.3 Å². The Morgan fingerprint density at radius 2 is 1.94 bits per heavy atom. The Kier molecular flexibility index (Phi) is 6.63. The van der Waals surface area contributed by atoms with Gasteiger partial charge >= 0.3 is 0 Å². The van der Waals surface area contributed by atoms with Gasteiger partial charge in [0, 0.05) is 5.75 Å². The highest BCUT2D eigenvalue weighted by Gasteiger charge is 2.30. The summed E-state index contributed by atoms with van der Waals surface area (Å²) in [6.45, 7) is 5.27. The fourth-order valence-electron chi connectivity index (χ4n) is 1.92. The largest absolute Gasteiger partial charge is 0.394 e. The molecule has 1 atom stereocenters. The monoisotopic (exact) mass is 253 g/mol. The quantitative estimate of drug-likeness (QED) is 0.699. The maximum Gasteiger partial charge on any atom is 0.0760 e. The maximum absolute atomic E-state index is 9.78. The van der Waals surface area contributed by atoms with Crippen LogP contribution in [0.5, 0.6) is 0 Å². The van der Waals surface area contributed by atoms with E-state index in [1.807, 2.05) is 30.0 Å². The number of hydrogen-bond acceptors (Lipinski definition) is 3. The second-order valence-electron chi connectivity index (χ2n) is 4.19. The molecule has 96 valence electrons. The highest BCUT2D eigenvalue weighted by molar-refractivity contribution is 7.99. The molecule has 17 heavy (non-hydrogen) atoms. The van der Waals surface area contributed by atoms with E-state index in [-0.39, 0.29) is 12.1 Å². The molecule has 0 aliphatic rings. The molecule has 0 heterocycles. The van der Waals surface area contributed by atoms with Gasteiger partial charge in [-0.3, -0.25) is 0 Å². The molecule has 0 aliphatic heterocycles. The van der Waals surface area contributed by atoms with Gasteiger partial charge in [-0.05, 0) is 24.3 Å². The Morgan fingerprint density at radius 1 is 1.24 bits per heavy atom. The minimum Gasteiger partial charge on any atom is -0.394 e. The summed E-state index contributed by atoms with van der Waals surface area (Å²) < 4.78 is 0. The minimum atomic E-state index is -0.296. The van der Waals surface area contributed by atoms with Crippen molar-refractivity contribution in [1.29, 1.82) is 0 Å². The van der Waals surface area contributed by atoms with Crippen LogP contribution >= 0.6 is 11.8 Å². The van der Waals surface area contributed by atoms with Crippen LogP contribution in [0.25, 0.3) is 0 Å². The van der Waals surface area contributed by atoms with Gasteiger partial charge in [0.1, 0.15) is 0 Å². The Morgan fingerprint density at radius 3 is 2.47 bits per heavy atom. The molecule has 0 saturated heterocycles. The lowest BCUT2D eigenvalue weighted by Gasteiger charge is -2.33. The van der Waals surface area contributed by atoms with Gasteiger partial charge in [0.05, 0.1) is 12.1 Å². The molecule has 0 bridgehead atoms. The highest BCUT2D eigenvalue weighted by atomic mass is 32.2. The summed E-state index contributed by atoms with van der Waals surface area (Å²) in [6, 6.07) is 10.2. The molecule has 0 fully saturated rings. The lowest BCUT2D eigenvalue weighted by molar-refractivity contribution is 0.181. The third kappa shape index (κ3) is 4.02. The summed E-state index contributed by atoms with van der Waals surface area (Å²) in [5.41, 5.74) is 0.878. The molecule has 0 radical (unpaired) electrons. The summed E-state index contributed by atoms with van der Waals surface area (Å²) in [7, 11) is 0. The van der Waals surface area contributed by atoms with Crippen molar-refractivity contribution < 1.29 is 5.11 Å². The van der Waals surface area contributed by atoms with Crippen LogP contribution in [0, 0.1) is 0 Å². The molecule has 0 spiro atoms. The first-order valence-corrected chi connectivity index (χ1v) is 7.43. The number of aliphatic hydroxyl groups is 1. The van der Waals surface area contributed by atoms with E-state index in [0.717, 1.165) is 18.1 Å². The predicted molar refractivity (Wildman–Crippen MR) is 76.5 cm³/mol. The molecule has 0 saturated carbocycles. The molecule has 1 aromatic carbocycles. The average Bonchev–Trinajstić information content (AvgIpc) is 2.39. The molecule has 2 N–H and O–H groups in total. The summed E-state index contributed by atoms with van der Waals surface area (Å²) in [6.07, 6.45) is 1.17. The first-order valence-electron chi connectivity index (χ1n) is 6.28. The smallest absolute Gasteiger partial charge is 0.0760 e. The zero-order valence-corrected chi connectivity index (χ0v) is 11.6. The number of thioether (sulfide) groups is 1. The number of benzene rings is 1. The van der Waals surface area contributed by atoms with E-state index in [0.29, 0.717) is 0 Å². The molecule has 0 aliphatic carbocycles. The van der Waals surface area contributed by atoms with E-state index < -0.39 is 0 Å². The minimum absolute atomic E-state index is 0.140. The SMILES string of the molecule is CCCSCC(CO)(NCC)c1ccccc1. The Balaban J connectivity index is 2.83. The number of rotatable bonds is 8. The molecule has 3 heteroatoms. The number of likely N-dealkylation sites (N-methyl/N-ethyl adjacent to an activating group) is 1. The molecular weight excluding hydrogens is 230 g/mol. The van der Waals surface area contributed by atoms with Crippen molar-refractivity contribution in [2.75, 3.05) is 24.7 Å². The lowest BCUT2D eigenvalue weighted by atomic mass is 9.92. The Labute approximate surface area is 109 Å². The van der Waals surface area contributed by atoms with Crippen LogP contribution in [-0.4, -0.2) is 29.8 Å². The van der Waals surface area contributed by atoms with Crippen molar-refractivity contribution in [3.63, 3.8) is 0 Å². The highest BCUT2D eigenvalue weighted by Crippen LogP contribution is 2.25. The first kappa shape index (κ1) is 14.6. The first-order chi connectivity index (χ1) is 8.29. The van der Waals surface area contributed by atoms with Crippen LogP contribution in [0.3, 0.4) is 0 Å². The average molecular weight is 253 g/mol. The molecule has 0 amide bonds. The lowest BCUT2D eigenvalue weighted by Crippen LogP contribution is -2.48.